The second-order valence-corrected chi connectivity index (χ2v) is 4.70. The molecule has 1 aromatic rings. The second-order valence-electron chi connectivity index (χ2n) is 4.70. The topological polar surface area (TPSA) is 12.0 Å². The largest absolute Gasteiger partial charge is 0.310 e. The minimum absolute atomic E-state index is 0.0944. The van der Waals surface area contributed by atoms with E-state index in [1.165, 1.54) is 30.4 Å². The van der Waals surface area contributed by atoms with Gasteiger partial charge in [0, 0.05) is 6.04 Å². The van der Waals surface area contributed by atoms with E-state index in [0.29, 0.717) is 12.0 Å². The first-order valence-electron chi connectivity index (χ1n) is 5.87. The fraction of sp³-hybridized carbons (Fsp3) is 0.538. The summed E-state index contributed by atoms with van der Waals surface area (Å²) in [5.41, 5.74) is 2.60. The average Bonchev–Trinajstić information content (AvgIpc) is 2.94. The maximum absolute atomic E-state index is 13.3. The van der Waals surface area contributed by atoms with Crippen LogP contribution in [0.25, 0.3) is 0 Å². The van der Waals surface area contributed by atoms with Crippen molar-refractivity contribution in [2.75, 3.05) is 6.54 Å². The van der Waals surface area contributed by atoms with Gasteiger partial charge in [-0.25, -0.2) is 4.39 Å². The smallest absolute Gasteiger partial charge is 0.123 e. The highest BCUT2D eigenvalue weighted by Crippen LogP contribution is 2.44. The highest BCUT2D eigenvalue weighted by atomic mass is 19.1. The Hall–Kier alpha value is -0.890. The van der Waals surface area contributed by atoms with E-state index < -0.39 is 0 Å². The SMILES string of the molecule is Fc1ccc(C2CC2)c(C2CCCN2)c1. The van der Waals surface area contributed by atoms with Crippen LogP contribution in [0.2, 0.25) is 0 Å². The summed E-state index contributed by atoms with van der Waals surface area (Å²) in [6, 6.07) is 5.72. The lowest BCUT2D eigenvalue weighted by Crippen LogP contribution is -2.14. The normalized spacial score (nSPS) is 25.8. The van der Waals surface area contributed by atoms with Gasteiger partial charge in [-0.05, 0) is 61.4 Å². The molecule has 2 heteroatoms. The Morgan fingerprint density at radius 3 is 2.67 bits per heavy atom. The third-order valence-electron chi connectivity index (χ3n) is 3.50. The minimum Gasteiger partial charge on any atom is -0.310 e. The van der Waals surface area contributed by atoms with Crippen molar-refractivity contribution in [1.82, 2.24) is 5.32 Å². The zero-order valence-electron chi connectivity index (χ0n) is 8.80. The molecule has 0 aromatic heterocycles. The molecule has 1 nitrogen and oxygen atoms in total. The number of halogens is 1. The molecule has 3 rings (SSSR count). The molecule has 1 heterocycles. The van der Waals surface area contributed by atoms with Gasteiger partial charge in [0.2, 0.25) is 0 Å². The van der Waals surface area contributed by atoms with Crippen molar-refractivity contribution in [3.8, 4) is 0 Å². The first kappa shape index (κ1) is 9.34. The molecule has 1 N–H and O–H groups in total. The molecule has 1 unspecified atom stereocenters. The van der Waals surface area contributed by atoms with E-state index in [1.807, 2.05) is 6.07 Å². The summed E-state index contributed by atoms with van der Waals surface area (Å²) >= 11 is 0. The van der Waals surface area contributed by atoms with Crippen LogP contribution < -0.4 is 5.32 Å². The van der Waals surface area contributed by atoms with Crippen molar-refractivity contribution in [1.29, 1.82) is 0 Å². The maximum atomic E-state index is 13.3. The van der Waals surface area contributed by atoms with Crippen LogP contribution in [-0.4, -0.2) is 6.54 Å². The molecule has 0 bridgehead atoms. The van der Waals surface area contributed by atoms with Crippen LogP contribution in [0, 0.1) is 5.82 Å². The predicted octanol–water partition coefficient (Wildman–Crippen LogP) is 3.13. The zero-order chi connectivity index (χ0) is 10.3. The van der Waals surface area contributed by atoms with Crippen LogP contribution in [0.1, 0.15) is 48.8 Å². The van der Waals surface area contributed by atoms with Crippen molar-refractivity contribution in [3.63, 3.8) is 0 Å². The van der Waals surface area contributed by atoms with Gasteiger partial charge in [-0.1, -0.05) is 6.07 Å². The summed E-state index contributed by atoms with van der Waals surface area (Å²) in [5, 5.41) is 3.46. The molecule has 0 radical (unpaired) electrons. The van der Waals surface area contributed by atoms with Crippen molar-refractivity contribution in [2.45, 2.75) is 37.6 Å². The van der Waals surface area contributed by atoms with Gasteiger partial charge in [0.05, 0.1) is 0 Å². The Morgan fingerprint density at radius 2 is 2.00 bits per heavy atom. The molecule has 80 valence electrons. The van der Waals surface area contributed by atoms with Crippen molar-refractivity contribution >= 4 is 0 Å². The molecule has 2 aliphatic rings. The van der Waals surface area contributed by atoms with Crippen LogP contribution in [0.3, 0.4) is 0 Å². The van der Waals surface area contributed by atoms with Gasteiger partial charge < -0.3 is 5.32 Å². The van der Waals surface area contributed by atoms with Crippen LogP contribution in [0.4, 0.5) is 4.39 Å². The molecule has 1 aromatic carbocycles. The van der Waals surface area contributed by atoms with E-state index in [2.05, 4.69) is 5.32 Å². The lowest BCUT2D eigenvalue weighted by molar-refractivity contribution is 0.602. The summed E-state index contributed by atoms with van der Waals surface area (Å²) < 4.78 is 13.3. The van der Waals surface area contributed by atoms with Crippen molar-refractivity contribution in [3.05, 3.63) is 35.1 Å². The van der Waals surface area contributed by atoms with Gasteiger partial charge in [0.25, 0.3) is 0 Å². The number of hydrogen-bond donors (Lipinski definition) is 1. The minimum atomic E-state index is -0.0944. The van der Waals surface area contributed by atoms with Gasteiger partial charge >= 0.3 is 0 Å². The Labute approximate surface area is 89.7 Å². The van der Waals surface area contributed by atoms with E-state index in [1.54, 1.807) is 12.1 Å². The Balaban J connectivity index is 1.98. The van der Waals surface area contributed by atoms with Gasteiger partial charge in [-0.2, -0.15) is 0 Å². The monoisotopic (exact) mass is 205 g/mol. The van der Waals surface area contributed by atoms with Crippen LogP contribution in [0.15, 0.2) is 18.2 Å². The summed E-state index contributed by atoms with van der Waals surface area (Å²) in [5.74, 6) is 0.617. The molecule has 1 aliphatic carbocycles. The average molecular weight is 205 g/mol. The molecule has 0 amide bonds. The Bertz CT molecular complexity index is 365. The summed E-state index contributed by atoms with van der Waals surface area (Å²) in [6.07, 6.45) is 4.94. The Kier molecular flexibility index (Phi) is 2.24. The number of benzene rings is 1. The molecule has 0 spiro atoms. The van der Waals surface area contributed by atoms with Crippen LogP contribution >= 0.6 is 0 Å². The van der Waals surface area contributed by atoms with Gasteiger partial charge in [-0.3, -0.25) is 0 Å². The number of hydrogen-bond acceptors (Lipinski definition) is 1. The summed E-state index contributed by atoms with van der Waals surface area (Å²) in [7, 11) is 0. The lowest BCUT2D eigenvalue weighted by Gasteiger charge is -2.15. The maximum Gasteiger partial charge on any atom is 0.123 e. The zero-order valence-corrected chi connectivity index (χ0v) is 8.80. The summed E-state index contributed by atoms with van der Waals surface area (Å²) in [6.45, 7) is 1.07. The third-order valence-corrected chi connectivity index (χ3v) is 3.50. The number of nitrogens with one attached hydrogen (secondary N) is 1. The quantitative estimate of drug-likeness (QED) is 0.782. The van der Waals surface area contributed by atoms with E-state index in [0.717, 1.165) is 13.0 Å². The molecular formula is C13H16FN. The second kappa shape index (κ2) is 3.60. The van der Waals surface area contributed by atoms with Gasteiger partial charge in [-0.15, -0.1) is 0 Å². The first-order chi connectivity index (χ1) is 7.34. The molecule has 1 saturated carbocycles. The third kappa shape index (κ3) is 1.78. The van der Waals surface area contributed by atoms with Crippen LogP contribution in [-0.2, 0) is 0 Å². The lowest BCUT2D eigenvalue weighted by atomic mass is 9.96. The molecule has 1 atom stereocenters. The van der Waals surface area contributed by atoms with E-state index >= 15 is 0 Å². The molecule has 1 aliphatic heterocycles. The predicted molar refractivity (Wildman–Crippen MR) is 58.4 cm³/mol. The molecule has 1 saturated heterocycles. The van der Waals surface area contributed by atoms with E-state index in [4.69, 9.17) is 0 Å². The highest BCUT2D eigenvalue weighted by molar-refractivity contribution is 5.36. The highest BCUT2D eigenvalue weighted by Gasteiger charge is 2.29. The summed E-state index contributed by atoms with van der Waals surface area (Å²) in [4.78, 5) is 0. The molecular weight excluding hydrogens is 189 g/mol. The van der Waals surface area contributed by atoms with Crippen LogP contribution in [0.5, 0.6) is 0 Å². The van der Waals surface area contributed by atoms with Crippen molar-refractivity contribution < 1.29 is 4.39 Å². The molecule has 2 fully saturated rings. The standard InChI is InChI=1S/C13H16FN/c14-10-5-6-11(9-3-4-9)12(8-10)13-2-1-7-15-13/h5-6,8-9,13,15H,1-4,7H2. The van der Waals surface area contributed by atoms with E-state index in [-0.39, 0.29) is 5.82 Å². The molecule has 15 heavy (non-hydrogen) atoms. The fourth-order valence-corrected chi connectivity index (χ4v) is 2.56. The van der Waals surface area contributed by atoms with E-state index in [9.17, 15) is 4.39 Å². The fourth-order valence-electron chi connectivity index (χ4n) is 2.56. The van der Waals surface area contributed by atoms with Gasteiger partial charge in [0.15, 0.2) is 0 Å². The Morgan fingerprint density at radius 1 is 1.13 bits per heavy atom. The number of rotatable bonds is 2. The first-order valence-corrected chi connectivity index (χ1v) is 5.87. The van der Waals surface area contributed by atoms with Gasteiger partial charge in [0.1, 0.15) is 5.82 Å². The van der Waals surface area contributed by atoms with Crippen molar-refractivity contribution in [2.24, 2.45) is 0 Å².